The molecule has 0 aromatic heterocycles. The first kappa shape index (κ1) is 14.6. The zero-order chi connectivity index (χ0) is 15.4. The molecule has 1 aliphatic rings. The Bertz CT molecular complexity index is 646. The topological polar surface area (TPSA) is 35.5 Å². The highest BCUT2D eigenvalue weighted by molar-refractivity contribution is 5.71. The summed E-state index contributed by atoms with van der Waals surface area (Å²) in [6.45, 7) is 0.317. The van der Waals surface area contributed by atoms with Crippen LogP contribution in [0.3, 0.4) is 0 Å². The Morgan fingerprint density at radius 2 is 1.91 bits per heavy atom. The first-order valence-electron chi connectivity index (χ1n) is 7.62. The van der Waals surface area contributed by atoms with Gasteiger partial charge in [-0.05, 0) is 47.6 Å². The largest absolute Gasteiger partial charge is 0.497 e. The lowest BCUT2D eigenvalue weighted by Gasteiger charge is -2.11. The van der Waals surface area contributed by atoms with Gasteiger partial charge in [0.1, 0.15) is 12.4 Å². The summed E-state index contributed by atoms with van der Waals surface area (Å²) < 4.78 is 10.5. The third kappa shape index (κ3) is 3.30. The van der Waals surface area contributed by atoms with Crippen molar-refractivity contribution >= 4 is 5.97 Å². The Kier molecular flexibility index (Phi) is 4.42. The summed E-state index contributed by atoms with van der Waals surface area (Å²) in [4.78, 5) is 12.1. The maximum Gasteiger partial charge on any atom is 0.306 e. The minimum atomic E-state index is -0.127. The third-order valence-corrected chi connectivity index (χ3v) is 4.23. The Morgan fingerprint density at radius 1 is 1.14 bits per heavy atom. The number of ether oxygens (including phenoxy) is 2. The van der Waals surface area contributed by atoms with E-state index in [0.29, 0.717) is 18.9 Å². The van der Waals surface area contributed by atoms with Crippen LogP contribution in [0.1, 0.15) is 35.4 Å². The molecule has 0 spiro atoms. The smallest absolute Gasteiger partial charge is 0.306 e. The van der Waals surface area contributed by atoms with E-state index in [1.165, 1.54) is 11.1 Å². The molecule has 1 atom stereocenters. The fourth-order valence-corrected chi connectivity index (χ4v) is 3.00. The zero-order valence-corrected chi connectivity index (χ0v) is 12.7. The molecule has 2 aromatic carbocycles. The number of aryl methyl sites for hydroxylation is 1. The highest BCUT2D eigenvalue weighted by Gasteiger charge is 2.24. The van der Waals surface area contributed by atoms with Gasteiger partial charge in [0.2, 0.25) is 0 Å². The van der Waals surface area contributed by atoms with E-state index in [0.717, 1.165) is 24.2 Å². The summed E-state index contributed by atoms with van der Waals surface area (Å²) in [5.41, 5.74) is 3.65. The number of rotatable bonds is 5. The van der Waals surface area contributed by atoms with Gasteiger partial charge in [-0.15, -0.1) is 0 Å². The zero-order valence-electron chi connectivity index (χ0n) is 12.7. The Hall–Kier alpha value is -2.29. The van der Waals surface area contributed by atoms with Crippen LogP contribution in [0.5, 0.6) is 5.75 Å². The lowest BCUT2D eigenvalue weighted by molar-refractivity contribution is -0.145. The van der Waals surface area contributed by atoms with Gasteiger partial charge in [-0.25, -0.2) is 0 Å². The molecule has 114 valence electrons. The van der Waals surface area contributed by atoms with Crippen LogP contribution in [0.2, 0.25) is 0 Å². The molecule has 0 N–H and O–H groups in total. The fourth-order valence-electron chi connectivity index (χ4n) is 3.00. The van der Waals surface area contributed by atoms with Gasteiger partial charge in [-0.3, -0.25) is 4.79 Å². The number of benzene rings is 2. The van der Waals surface area contributed by atoms with Gasteiger partial charge in [0.25, 0.3) is 0 Å². The van der Waals surface area contributed by atoms with Gasteiger partial charge in [0.05, 0.1) is 13.5 Å². The monoisotopic (exact) mass is 296 g/mol. The van der Waals surface area contributed by atoms with Gasteiger partial charge in [-0.2, -0.15) is 0 Å². The van der Waals surface area contributed by atoms with Crippen LogP contribution in [-0.2, 0) is 22.6 Å². The van der Waals surface area contributed by atoms with Crippen molar-refractivity contribution in [3.05, 3.63) is 65.2 Å². The van der Waals surface area contributed by atoms with Crippen LogP contribution in [-0.4, -0.2) is 13.1 Å². The maximum atomic E-state index is 12.1. The van der Waals surface area contributed by atoms with E-state index in [1.54, 1.807) is 7.11 Å². The summed E-state index contributed by atoms with van der Waals surface area (Å²) in [5.74, 6) is 0.981. The van der Waals surface area contributed by atoms with E-state index in [-0.39, 0.29) is 5.97 Å². The van der Waals surface area contributed by atoms with E-state index >= 15 is 0 Å². The highest BCUT2D eigenvalue weighted by Crippen LogP contribution is 2.35. The predicted octanol–water partition coefficient (Wildman–Crippen LogP) is 3.86. The molecule has 0 saturated carbocycles. The molecule has 0 bridgehead atoms. The van der Waals surface area contributed by atoms with Crippen molar-refractivity contribution in [3.8, 4) is 5.75 Å². The average molecular weight is 296 g/mol. The lowest BCUT2D eigenvalue weighted by Crippen LogP contribution is -2.09. The predicted molar refractivity (Wildman–Crippen MR) is 84.9 cm³/mol. The molecule has 3 rings (SSSR count). The number of fused-ring (bicyclic) bond motifs is 1. The molecule has 3 nitrogen and oxygen atoms in total. The van der Waals surface area contributed by atoms with Crippen molar-refractivity contribution in [2.75, 3.05) is 7.11 Å². The first-order chi connectivity index (χ1) is 10.8. The highest BCUT2D eigenvalue weighted by atomic mass is 16.5. The normalized spacial score (nSPS) is 16.1. The number of esters is 1. The van der Waals surface area contributed by atoms with Crippen molar-refractivity contribution in [2.45, 2.75) is 31.8 Å². The maximum absolute atomic E-state index is 12.1. The molecule has 1 unspecified atom stereocenters. The lowest BCUT2D eigenvalue weighted by atomic mass is 9.98. The number of carbonyl (C=O) groups is 1. The average Bonchev–Trinajstić information content (AvgIpc) is 2.97. The van der Waals surface area contributed by atoms with Crippen LogP contribution < -0.4 is 4.74 Å². The molecule has 0 saturated heterocycles. The quantitative estimate of drug-likeness (QED) is 0.786. The van der Waals surface area contributed by atoms with Crippen molar-refractivity contribution in [2.24, 2.45) is 0 Å². The molecule has 0 heterocycles. The molecule has 1 aliphatic carbocycles. The second-order valence-electron chi connectivity index (χ2n) is 5.65. The Labute approximate surface area is 130 Å². The van der Waals surface area contributed by atoms with Gasteiger partial charge >= 0.3 is 5.97 Å². The fraction of sp³-hybridized carbons (Fsp3) is 0.316. The van der Waals surface area contributed by atoms with E-state index in [1.807, 2.05) is 30.3 Å². The molecule has 0 fully saturated rings. The van der Waals surface area contributed by atoms with Gasteiger partial charge < -0.3 is 9.47 Å². The minimum Gasteiger partial charge on any atom is -0.497 e. The van der Waals surface area contributed by atoms with E-state index < -0.39 is 0 Å². The SMILES string of the molecule is COc1ccc(COC(=O)CC2CCc3ccccc32)cc1. The standard InChI is InChI=1S/C19H20O3/c1-21-17-10-6-14(7-11-17)13-22-19(20)12-16-9-8-15-4-2-3-5-18(15)16/h2-7,10-11,16H,8-9,12-13H2,1H3. The summed E-state index contributed by atoms with van der Waals surface area (Å²) in [6, 6.07) is 15.9. The third-order valence-electron chi connectivity index (χ3n) is 4.23. The molecule has 3 heteroatoms. The second-order valence-corrected chi connectivity index (χ2v) is 5.65. The van der Waals surface area contributed by atoms with Crippen LogP contribution >= 0.6 is 0 Å². The van der Waals surface area contributed by atoms with Crippen molar-refractivity contribution < 1.29 is 14.3 Å². The van der Waals surface area contributed by atoms with Crippen molar-refractivity contribution in [1.29, 1.82) is 0 Å². The Morgan fingerprint density at radius 3 is 2.68 bits per heavy atom. The molecule has 22 heavy (non-hydrogen) atoms. The molecule has 2 aromatic rings. The van der Waals surface area contributed by atoms with Crippen LogP contribution in [0.15, 0.2) is 48.5 Å². The van der Waals surface area contributed by atoms with E-state index in [9.17, 15) is 4.79 Å². The van der Waals surface area contributed by atoms with E-state index in [4.69, 9.17) is 9.47 Å². The number of carbonyl (C=O) groups excluding carboxylic acids is 1. The molecule has 0 radical (unpaired) electrons. The van der Waals surface area contributed by atoms with Crippen molar-refractivity contribution in [1.82, 2.24) is 0 Å². The van der Waals surface area contributed by atoms with Crippen LogP contribution in [0.25, 0.3) is 0 Å². The van der Waals surface area contributed by atoms with Crippen molar-refractivity contribution in [3.63, 3.8) is 0 Å². The second kappa shape index (κ2) is 6.65. The Balaban J connectivity index is 1.53. The number of methoxy groups -OCH3 is 1. The summed E-state index contributed by atoms with van der Waals surface area (Å²) in [5, 5.41) is 0. The number of hydrogen-bond acceptors (Lipinski definition) is 3. The van der Waals surface area contributed by atoms with E-state index in [2.05, 4.69) is 18.2 Å². The summed E-state index contributed by atoms with van der Waals surface area (Å²) in [6.07, 6.45) is 2.57. The van der Waals surface area contributed by atoms with Gasteiger partial charge in [0.15, 0.2) is 0 Å². The van der Waals surface area contributed by atoms with Crippen LogP contribution in [0.4, 0.5) is 0 Å². The summed E-state index contributed by atoms with van der Waals surface area (Å²) >= 11 is 0. The van der Waals surface area contributed by atoms with Gasteiger partial charge in [-0.1, -0.05) is 36.4 Å². The van der Waals surface area contributed by atoms with Crippen LogP contribution in [0, 0.1) is 0 Å². The molecule has 0 aliphatic heterocycles. The molecule has 0 amide bonds. The first-order valence-corrected chi connectivity index (χ1v) is 7.62. The minimum absolute atomic E-state index is 0.127. The summed E-state index contributed by atoms with van der Waals surface area (Å²) in [7, 11) is 1.63. The van der Waals surface area contributed by atoms with Gasteiger partial charge in [0, 0.05) is 0 Å². The molecular formula is C19H20O3. The molecular weight excluding hydrogens is 276 g/mol. The number of hydrogen-bond donors (Lipinski definition) is 0.